The molecule has 0 aromatic rings. The molecule has 2 aliphatic heterocycles. The molecule has 0 amide bonds. The monoisotopic (exact) mass is 296 g/mol. The van der Waals surface area contributed by atoms with Gasteiger partial charge in [-0.2, -0.15) is 0 Å². The fourth-order valence-electron chi connectivity index (χ4n) is 2.23. The van der Waals surface area contributed by atoms with E-state index in [-0.39, 0.29) is 0 Å². The van der Waals surface area contributed by atoms with Crippen LogP contribution >= 0.6 is 22.9 Å². The third-order valence-corrected chi connectivity index (χ3v) is 4.36. The van der Waals surface area contributed by atoms with Crippen LogP contribution in [0.3, 0.4) is 0 Å². The molecule has 0 aromatic heterocycles. The van der Waals surface area contributed by atoms with Gasteiger partial charge in [0.1, 0.15) is 0 Å². The summed E-state index contributed by atoms with van der Waals surface area (Å²) in [5.41, 5.74) is 0.361. The molecule has 13 heavy (non-hydrogen) atoms. The van der Waals surface area contributed by atoms with E-state index in [2.05, 4.69) is 37.9 Å². The summed E-state index contributed by atoms with van der Waals surface area (Å²) in [7, 11) is 2.24. The van der Waals surface area contributed by atoms with Gasteiger partial charge in [-0.3, -0.25) is 4.90 Å². The second kappa shape index (κ2) is 4.00. The number of hydrogen-bond acceptors (Lipinski definition) is 3. The fraction of sp³-hybridized carbons (Fsp3) is 1.00. The highest BCUT2D eigenvalue weighted by atomic mass is 127. The first-order valence-corrected chi connectivity index (χ1v) is 5.89. The zero-order chi connectivity index (χ0) is 9.31. The van der Waals surface area contributed by atoms with Crippen LogP contribution < -0.4 is 0 Å². The summed E-state index contributed by atoms with van der Waals surface area (Å²) in [6.45, 7) is 5.35. The van der Waals surface area contributed by atoms with E-state index < -0.39 is 0 Å². The maximum atomic E-state index is 5.61. The van der Waals surface area contributed by atoms with E-state index in [9.17, 15) is 0 Å². The Kier molecular flexibility index (Phi) is 3.12. The van der Waals surface area contributed by atoms with Gasteiger partial charge in [-0.05, 0) is 19.9 Å². The molecular weight excluding hydrogens is 279 g/mol. The van der Waals surface area contributed by atoms with Crippen LogP contribution in [0.15, 0.2) is 0 Å². The number of piperidine rings is 1. The predicted octanol–water partition coefficient (Wildman–Crippen LogP) is 1.13. The quantitative estimate of drug-likeness (QED) is 0.492. The van der Waals surface area contributed by atoms with Gasteiger partial charge in [0, 0.05) is 48.0 Å². The van der Waals surface area contributed by atoms with Gasteiger partial charge in [-0.25, -0.2) is 3.11 Å². The smallest absolute Gasteiger partial charge is 0.0651 e. The summed E-state index contributed by atoms with van der Waals surface area (Å²) >= 11 is 2.42. The third kappa shape index (κ3) is 2.00. The van der Waals surface area contributed by atoms with E-state index in [0.29, 0.717) is 5.54 Å². The first-order chi connectivity index (χ1) is 6.23. The van der Waals surface area contributed by atoms with E-state index in [1.807, 2.05) is 0 Å². The van der Waals surface area contributed by atoms with Crippen molar-refractivity contribution in [1.29, 1.82) is 0 Å². The van der Waals surface area contributed by atoms with Crippen molar-refractivity contribution in [2.45, 2.75) is 18.4 Å². The lowest BCUT2D eigenvalue weighted by Crippen LogP contribution is -2.59. The number of rotatable bonds is 0. The van der Waals surface area contributed by atoms with Crippen LogP contribution in [0.4, 0.5) is 0 Å². The van der Waals surface area contributed by atoms with Crippen molar-refractivity contribution in [3.05, 3.63) is 0 Å². The largest absolute Gasteiger partial charge is 0.378 e. The first kappa shape index (κ1) is 10.1. The summed E-state index contributed by atoms with van der Waals surface area (Å²) in [6, 6.07) is 0. The molecule has 0 aliphatic carbocycles. The number of likely N-dealkylation sites (N-methyl/N-ethyl adjacent to an activating group) is 1. The lowest BCUT2D eigenvalue weighted by Gasteiger charge is -2.48. The van der Waals surface area contributed by atoms with Gasteiger partial charge >= 0.3 is 0 Å². The van der Waals surface area contributed by atoms with Crippen molar-refractivity contribution in [2.24, 2.45) is 0 Å². The molecule has 0 saturated carbocycles. The summed E-state index contributed by atoms with van der Waals surface area (Å²) < 4.78 is 7.99. The Labute approximate surface area is 93.9 Å². The van der Waals surface area contributed by atoms with Crippen LogP contribution in [-0.4, -0.2) is 53.4 Å². The molecule has 0 aromatic carbocycles. The molecule has 3 nitrogen and oxygen atoms in total. The average Bonchev–Trinajstić information content (AvgIpc) is 2.15. The number of hydrogen-bond donors (Lipinski definition) is 0. The molecule has 76 valence electrons. The zero-order valence-electron chi connectivity index (χ0n) is 8.13. The second-order valence-electron chi connectivity index (χ2n) is 4.11. The summed E-state index contributed by atoms with van der Waals surface area (Å²) in [6.07, 6.45) is 2.51. The van der Waals surface area contributed by atoms with Crippen molar-refractivity contribution in [3.63, 3.8) is 0 Å². The van der Waals surface area contributed by atoms with Crippen molar-refractivity contribution in [3.8, 4) is 0 Å². The fourth-order valence-corrected chi connectivity index (χ4v) is 2.72. The van der Waals surface area contributed by atoms with E-state index in [1.54, 1.807) is 0 Å². The molecule has 1 spiro atoms. The van der Waals surface area contributed by atoms with Crippen molar-refractivity contribution in [1.82, 2.24) is 8.01 Å². The lowest BCUT2D eigenvalue weighted by molar-refractivity contribution is -0.0742. The molecule has 0 atom stereocenters. The maximum absolute atomic E-state index is 5.61. The Hall–Kier alpha value is 0.610. The molecule has 2 fully saturated rings. The van der Waals surface area contributed by atoms with Crippen LogP contribution in [-0.2, 0) is 4.74 Å². The molecule has 0 N–H and O–H groups in total. The standard InChI is InChI=1S/C9H17IN2O/c1-11-6-7-13-8-9(11)2-4-12(10)5-3-9/h2-8H2,1H3. The third-order valence-electron chi connectivity index (χ3n) is 3.39. The maximum Gasteiger partial charge on any atom is 0.0651 e. The van der Waals surface area contributed by atoms with E-state index in [0.717, 1.165) is 19.8 Å². The molecule has 2 heterocycles. The Morgan fingerprint density at radius 1 is 1.23 bits per heavy atom. The number of nitrogens with zero attached hydrogens (tertiary/aromatic N) is 2. The molecule has 2 aliphatic rings. The Morgan fingerprint density at radius 2 is 1.92 bits per heavy atom. The highest BCUT2D eigenvalue weighted by Crippen LogP contribution is 2.31. The Balaban J connectivity index is 2.01. The Bertz CT molecular complexity index is 180. The van der Waals surface area contributed by atoms with Crippen LogP contribution in [0, 0.1) is 0 Å². The number of morpholine rings is 1. The van der Waals surface area contributed by atoms with Crippen LogP contribution in [0.25, 0.3) is 0 Å². The molecule has 2 rings (SSSR count). The van der Waals surface area contributed by atoms with E-state index in [4.69, 9.17) is 4.74 Å². The molecule has 0 bridgehead atoms. The average molecular weight is 296 g/mol. The molecule has 0 unspecified atom stereocenters. The van der Waals surface area contributed by atoms with Gasteiger partial charge in [0.2, 0.25) is 0 Å². The molecule has 2 saturated heterocycles. The number of ether oxygens (including phenoxy) is 1. The summed E-state index contributed by atoms with van der Waals surface area (Å²) in [5.74, 6) is 0. The predicted molar refractivity (Wildman–Crippen MR) is 61.0 cm³/mol. The van der Waals surface area contributed by atoms with E-state index >= 15 is 0 Å². The van der Waals surface area contributed by atoms with Crippen LogP contribution in [0.5, 0.6) is 0 Å². The van der Waals surface area contributed by atoms with Crippen molar-refractivity contribution in [2.75, 3.05) is 39.9 Å². The molecule has 4 heteroatoms. The topological polar surface area (TPSA) is 15.7 Å². The number of halogens is 1. The van der Waals surface area contributed by atoms with Gasteiger partial charge in [-0.15, -0.1) is 0 Å². The highest BCUT2D eigenvalue weighted by Gasteiger charge is 2.39. The van der Waals surface area contributed by atoms with Gasteiger partial charge in [0.25, 0.3) is 0 Å². The highest BCUT2D eigenvalue weighted by molar-refractivity contribution is 14.1. The SMILES string of the molecule is CN1CCOCC12CCN(I)CC2. The lowest BCUT2D eigenvalue weighted by atomic mass is 9.87. The van der Waals surface area contributed by atoms with Crippen LogP contribution in [0.1, 0.15) is 12.8 Å². The minimum Gasteiger partial charge on any atom is -0.378 e. The summed E-state index contributed by atoms with van der Waals surface area (Å²) in [4.78, 5) is 2.50. The normalized spacial score (nSPS) is 30.9. The van der Waals surface area contributed by atoms with Crippen LogP contribution in [0.2, 0.25) is 0 Å². The van der Waals surface area contributed by atoms with Gasteiger partial charge in [0.15, 0.2) is 0 Å². The first-order valence-electron chi connectivity index (χ1n) is 4.93. The molecular formula is C9H17IN2O. The van der Waals surface area contributed by atoms with Crippen molar-refractivity contribution >= 4 is 22.9 Å². The summed E-state index contributed by atoms with van der Waals surface area (Å²) in [5, 5.41) is 0. The van der Waals surface area contributed by atoms with Gasteiger partial charge < -0.3 is 4.74 Å². The van der Waals surface area contributed by atoms with Gasteiger partial charge in [-0.1, -0.05) is 0 Å². The minimum atomic E-state index is 0.361. The van der Waals surface area contributed by atoms with Crippen molar-refractivity contribution < 1.29 is 4.74 Å². The Morgan fingerprint density at radius 3 is 2.54 bits per heavy atom. The molecule has 0 radical (unpaired) electrons. The zero-order valence-corrected chi connectivity index (χ0v) is 10.3. The second-order valence-corrected chi connectivity index (χ2v) is 5.47. The minimum absolute atomic E-state index is 0.361. The van der Waals surface area contributed by atoms with Gasteiger partial charge in [0.05, 0.1) is 13.2 Å². The van der Waals surface area contributed by atoms with E-state index in [1.165, 1.54) is 25.9 Å².